The van der Waals surface area contributed by atoms with Gasteiger partial charge in [0.2, 0.25) is 10.0 Å². The van der Waals surface area contributed by atoms with Crippen molar-refractivity contribution >= 4 is 37.6 Å². The van der Waals surface area contributed by atoms with Crippen LogP contribution in [-0.4, -0.2) is 15.0 Å². The summed E-state index contributed by atoms with van der Waals surface area (Å²) in [6.45, 7) is 1.95. The smallest absolute Gasteiger partial charge is 0.238 e. The minimum atomic E-state index is -3.65. The van der Waals surface area contributed by atoms with Crippen molar-refractivity contribution in [3.63, 3.8) is 0 Å². The summed E-state index contributed by atoms with van der Waals surface area (Å²) in [5, 5.41) is 9.21. The third-order valence-corrected chi connectivity index (χ3v) is 6.28. The normalized spacial score (nSPS) is 11.4. The molecule has 0 saturated carbocycles. The summed E-state index contributed by atoms with van der Waals surface area (Å²) < 4.78 is 29.3. The van der Waals surface area contributed by atoms with E-state index in [0.29, 0.717) is 18.2 Å². The summed E-state index contributed by atoms with van der Waals surface area (Å²) in [7, 11) is -3.65. The van der Waals surface area contributed by atoms with E-state index in [1.807, 2.05) is 42.5 Å². The Labute approximate surface area is 190 Å². The van der Waals surface area contributed by atoms with Crippen LogP contribution < -0.4 is 15.2 Å². The molecule has 3 aromatic rings. The lowest BCUT2D eigenvalue weighted by Crippen LogP contribution is -2.17. The third-order valence-electron chi connectivity index (χ3n) is 4.48. The van der Waals surface area contributed by atoms with E-state index in [2.05, 4.69) is 21.2 Å². The van der Waals surface area contributed by atoms with Crippen molar-refractivity contribution in [2.45, 2.75) is 24.5 Å². The summed E-state index contributed by atoms with van der Waals surface area (Å²) >= 11 is 9.47. The average Bonchev–Trinajstić information content (AvgIpc) is 2.71. The number of benzene rings is 3. The molecule has 0 radical (unpaired) electrons. The van der Waals surface area contributed by atoms with Gasteiger partial charge in [-0.15, -0.1) is 0 Å². The van der Waals surface area contributed by atoms with E-state index < -0.39 is 10.0 Å². The predicted molar refractivity (Wildman–Crippen MR) is 123 cm³/mol. The molecule has 8 heteroatoms. The molecule has 0 bridgehead atoms. The van der Waals surface area contributed by atoms with Crippen LogP contribution in [0.5, 0.6) is 5.75 Å². The van der Waals surface area contributed by atoms with Crippen molar-refractivity contribution in [2.24, 2.45) is 5.14 Å². The predicted octanol–water partition coefficient (Wildman–Crippen LogP) is 4.66. The lowest BCUT2D eigenvalue weighted by Gasteiger charge is -2.11. The molecule has 0 unspecified atom stereocenters. The molecule has 0 aliphatic rings. The molecule has 0 atom stereocenters. The van der Waals surface area contributed by atoms with Crippen LogP contribution >= 0.6 is 27.5 Å². The van der Waals surface area contributed by atoms with Crippen molar-refractivity contribution in [1.82, 2.24) is 5.32 Å². The summed E-state index contributed by atoms with van der Waals surface area (Å²) in [4.78, 5) is 0.127. The van der Waals surface area contributed by atoms with Crippen LogP contribution in [0.3, 0.4) is 0 Å². The Hall–Kier alpha value is -1.90. The monoisotopic (exact) mass is 508 g/mol. The lowest BCUT2D eigenvalue weighted by molar-refractivity contribution is 0.304. The fourth-order valence-corrected chi connectivity index (χ4v) is 4.01. The quantitative estimate of drug-likeness (QED) is 0.411. The largest absolute Gasteiger partial charge is 0.488 e. The van der Waals surface area contributed by atoms with Gasteiger partial charge < -0.3 is 10.1 Å². The first kappa shape index (κ1) is 22.8. The number of ether oxygens (including phenoxy) is 1. The van der Waals surface area contributed by atoms with Crippen LogP contribution in [0.4, 0.5) is 0 Å². The summed E-state index contributed by atoms with van der Waals surface area (Å²) in [6.07, 6.45) is 0.786. The molecule has 0 heterocycles. The zero-order valence-electron chi connectivity index (χ0n) is 16.1. The number of nitrogens with one attached hydrogen (secondary N) is 1. The molecule has 0 amide bonds. The van der Waals surface area contributed by atoms with Crippen LogP contribution in [0.1, 0.15) is 16.7 Å². The number of hydrogen-bond acceptors (Lipinski definition) is 4. The molecule has 0 aliphatic carbocycles. The number of rotatable bonds is 9. The fourth-order valence-electron chi connectivity index (χ4n) is 2.82. The van der Waals surface area contributed by atoms with E-state index in [1.165, 1.54) is 12.1 Å². The van der Waals surface area contributed by atoms with Crippen LogP contribution in [-0.2, 0) is 29.6 Å². The maximum absolute atomic E-state index is 11.3. The van der Waals surface area contributed by atoms with Gasteiger partial charge in [0.15, 0.2) is 0 Å². The van der Waals surface area contributed by atoms with Crippen LogP contribution in [0, 0.1) is 0 Å². The molecule has 5 nitrogen and oxygen atoms in total. The van der Waals surface area contributed by atoms with Crippen LogP contribution in [0.25, 0.3) is 0 Å². The van der Waals surface area contributed by atoms with Gasteiger partial charge in [0.05, 0.1) is 9.37 Å². The Morgan fingerprint density at radius 3 is 2.20 bits per heavy atom. The SMILES string of the molecule is NS(=O)(=O)c1ccc(CCNCc2ccc(OCc3ccc(Cl)cc3)c(Br)c2)cc1. The second-order valence-corrected chi connectivity index (χ2v) is 9.65. The zero-order valence-corrected chi connectivity index (χ0v) is 19.3. The standard InChI is InChI=1S/C22H22BrClN2O3S/c23-21-13-18(5-10-22(21)29-15-17-1-6-19(24)7-2-17)14-26-12-11-16-3-8-20(9-4-16)30(25,27)28/h1-10,13,26H,11-12,14-15H2,(H2,25,27,28). The van der Waals surface area contributed by atoms with Crippen molar-refractivity contribution in [1.29, 1.82) is 0 Å². The molecule has 3 aromatic carbocycles. The first-order valence-corrected chi connectivity index (χ1v) is 12.0. The lowest BCUT2D eigenvalue weighted by atomic mass is 10.1. The van der Waals surface area contributed by atoms with E-state index in [-0.39, 0.29) is 4.90 Å². The second-order valence-electron chi connectivity index (χ2n) is 6.80. The topological polar surface area (TPSA) is 81.4 Å². The number of halogens is 2. The van der Waals surface area contributed by atoms with Gasteiger partial charge in [-0.1, -0.05) is 41.9 Å². The van der Waals surface area contributed by atoms with E-state index >= 15 is 0 Å². The molecule has 0 saturated heterocycles. The highest BCUT2D eigenvalue weighted by atomic mass is 79.9. The number of primary sulfonamides is 1. The van der Waals surface area contributed by atoms with Gasteiger partial charge >= 0.3 is 0 Å². The molecular formula is C22H22BrClN2O3S. The Kier molecular flexibility index (Phi) is 7.91. The summed E-state index contributed by atoms with van der Waals surface area (Å²) in [5.41, 5.74) is 3.22. The van der Waals surface area contributed by atoms with Gasteiger partial charge in [0.1, 0.15) is 12.4 Å². The maximum atomic E-state index is 11.3. The van der Waals surface area contributed by atoms with Gasteiger partial charge in [0, 0.05) is 11.6 Å². The first-order valence-electron chi connectivity index (χ1n) is 9.29. The van der Waals surface area contributed by atoms with Crippen molar-refractivity contribution in [3.8, 4) is 5.75 Å². The summed E-state index contributed by atoms with van der Waals surface area (Å²) in [6, 6.07) is 20.2. The van der Waals surface area contributed by atoms with Crippen LogP contribution in [0.2, 0.25) is 5.02 Å². The highest BCUT2D eigenvalue weighted by Gasteiger charge is 2.07. The van der Waals surface area contributed by atoms with Crippen molar-refractivity contribution in [3.05, 3.63) is 92.9 Å². The van der Waals surface area contributed by atoms with Crippen molar-refractivity contribution < 1.29 is 13.2 Å². The molecule has 0 spiro atoms. The number of nitrogens with two attached hydrogens (primary N) is 1. The van der Waals surface area contributed by atoms with E-state index in [0.717, 1.165) is 39.9 Å². The van der Waals surface area contributed by atoms with E-state index in [9.17, 15) is 8.42 Å². The first-order chi connectivity index (χ1) is 14.3. The maximum Gasteiger partial charge on any atom is 0.238 e. The molecule has 0 aliphatic heterocycles. The van der Waals surface area contributed by atoms with Gasteiger partial charge in [0.25, 0.3) is 0 Å². The molecule has 0 fully saturated rings. The second kappa shape index (κ2) is 10.4. The van der Waals surface area contributed by atoms with E-state index in [1.54, 1.807) is 12.1 Å². The minimum absolute atomic E-state index is 0.127. The van der Waals surface area contributed by atoms with Gasteiger partial charge in [-0.05, 0) is 82.0 Å². The molecular weight excluding hydrogens is 488 g/mol. The molecule has 3 rings (SSSR count). The highest BCUT2D eigenvalue weighted by molar-refractivity contribution is 9.10. The third kappa shape index (κ3) is 6.82. The molecule has 158 valence electrons. The van der Waals surface area contributed by atoms with Gasteiger partial charge in [-0.2, -0.15) is 0 Å². The Bertz CT molecular complexity index is 1090. The Morgan fingerprint density at radius 1 is 0.933 bits per heavy atom. The van der Waals surface area contributed by atoms with Crippen molar-refractivity contribution in [2.75, 3.05) is 6.54 Å². The van der Waals surface area contributed by atoms with Crippen LogP contribution in [0.15, 0.2) is 76.1 Å². The average molecular weight is 510 g/mol. The molecule has 3 N–H and O–H groups in total. The van der Waals surface area contributed by atoms with Gasteiger partial charge in [-0.3, -0.25) is 0 Å². The Morgan fingerprint density at radius 2 is 1.57 bits per heavy atom. The number of hydrogen-bond donors (Lipinski definition) is 2. The molecule has 0 aromatic heterocycles. The molecule has 30 heavy (non-hydrogen) atoms. The fraction of sp³-hybridized carbons (Fsp3) is 0.182. The zero-order chi connectivity index (χ0) is 21.6. The van der Waals surface area contributed by atoms with Gasteiger partial charge in [-0.25, -0.2) is 13.6 Å². The Balaban J connectivity index is 1.45. The minimum Gasteiger partial charge on any atom is -0.488 e. The summed E-state index contributed by atoms with van der Waals surface area (Å²) in [5.74, 6) is 0.781. The number of sulfonamides is 1. The van der Waals surface area contributed by atoms with E-state index in [4.69, 9.17) is 21.5 Å². The highest BCUT2D eigenvalue weighted by Crippen LogP contribution is 2.27.